The molecule has 1 aliphatic heterocycles. The topological polar surface area (TPSA) is 77.1 Å². The van der Waals surface area contributed by atoms with Crippen molar-refractivity contribution in [2.24, 2.45) is 5.92 Å². The quantitative estimate of drug-likeness (QED) is 0.612. The van der Waals surface area contributed by atoms with Gasteiger partial charge in [0.05, 0.1) is 6.61 Å². The van der Waals surface area contributed by atoms with Crippen molar-refractivity contribution in [2.45, 2.75) is 61.9 Å². The monoisotopic (exact) mass is 422 g/mol. The van der Waals surface area contributed by atoms with Crippen LogP contribution in [0.1, 0.15) is 38.5 Å². The fourth-order valence-electron chi connectivity index (χ4n) is 4.25. The maximum atomic E-state index is 13.1. The van der Waals surface area contributed by atoms with E-state index in [9.17, 15) is 22.8 Å². The van der Waals surface area contributed by atoms with E-state index in [-0.39, 0.29) is 37.9 Å². The molecule has 2 saturated carbocycles. The van der Waals surface area contributed by atoms with E-state index in [2.05, 4.69) is 10.1 Å². The number of nitrogens with zero attached hydrogens (tertiary/aromatic N) is 1. The third kappa shape index (κ3) is 4.39. The van der Waals surface area contributed by atoms with E-state index in [4.69, 9.17) is 9.47 Å². The van der Waals surface area contributed by atoms with Crippen LogP contribution in [0.15, 0.2) is 0 Å². The zero-order valence-electron chi connectivity index (χ0n) is 16.8. The zero-order valence-corrected chi connectivity index (χ0v) is 16.8. The van der Waals surface area contributed by atoms with Gasteiger partial charge in [-0.05, 0) is 38.5 Å². The summed E-state index contributed by atoms with van der Waals surface area (Å²) in [5, 5.41) is 2.67. The highest BCUT2D eigenvalue weighted by Crippen LogP contribution is 2.51. The maximum absolute atomic E-state index is 13.1. The van der Waals surface area contributed by atoms with E-state index < -0.39 is 29.2 Å². The number of methoxy groups -OCH3 is 2. The Hall–Kier alpha value is -1.39. The smallest absolute Gasteiger partial charge is 0.381 e. The lowest BCUT2D eigenvalue weighted by Gasteiger charge is -2.46. The van der Waals surface area contributed by atoms with Crippen molar-refractivity contribution in [3.8, 4) is 0 Å². The predicted molar refractivity (Wildman–Crippen MR) is 96.1 cm³/mol. The minimum absolute atomic E-state index is 0.118. The molecule has 0 aromatic heterocycles. The summed E-state index contributed by atoms with van der Waals surface area (Å²) in [5.74, 6) is -1.30. The van der Waals surface area contributed by atoms with Crippen LogP contribution in [0.2, 0.25) is 0 Å². The minimum Gasteiger partial charge on any atom is -0.381 e. The Morgan fingerprint density at radius 3 is 2.41 bits per heavy atom. The number of carbonyl (C=O) groups excluding carboxylic acids is 2. The predicted octanol–water partition coefficient (Wildman–Crippen LogP) is 1.65. The lowest BCUT2D eigenvalue weighted by molar-refractivity contribution is -0.305. The van der Waals surface area contributed by atoms with Gasteiger partial charge in [0.25, 0.3) is 5.91 Å². The molecule has 0 bridgehead atoms. The van der Waals surface area contributed by atoms with Gasteiger partial charge in [0, 0.05) is 45.9 Å². The van der Waals surface area contributed by atoms with Crippen LogP contribution in [-0.2, 0) is 23.8 Å². The first-order valence-electron chi connectivity index (χ1n) is 10.0. The summed E-state index contributed by atoms with van der Waals surface area (Å²) in [6.07, 6.45) is -2.09. The summed E-state index contributed by atoms with van der Waals surface area (Å²) in [7, 11) is 2.54. The maximum Gasteiger partial charge on any atom is 0.417 e. The molecular formula is C19H29F3N2O5. The van der Waals surface area contributed by atoms with Crippen molar-refractivity contribution >= 4 is 11.8 Å². The molecule has 10 heteroatoms. The van der Waals surface area contributed by atoms with Gasteiger partial charge in [-0.3, -0.25) is 9.59 Å². The zero-order chi connectivity index (χ0) is 21.3. The average molecular weight is 422 g/mol. The van der Waals surface area contributed by atoms with Crippen LogP contribution >= 0.6 is 0 Å². The normalized spacial score (nSPS) is 32.0. The number of halogens is 3. The highest BCUT2D eigenvalue weighted by atomic mass is 19.4. The molecule has 166 valence electrons. The van der Waals surface area contributed by atoms with Gasteiger partial charge in [0.2, 0.25) is 5.91 Å². The molecule has 3 rings (SSSR count). The van der Waals surface area contributed by atoms with E-state index in [0.29, 0.717) is 19.6 Å². The second kappa shape index (κ2) is 8.39. The van der Waals surface area contributed by atoms with Crippen molar-refractivity contribution in [3.63, 3.8) is 0 Å². The van der Waals surface area contributed by atoms with Crippen molar-refractivity contribution < 1.29 is 37.0 Å². The highest BCUT2D eigenvalue weighted by Gasteiger charge is 2.64. The van der Waals surface area contributed by atoms with Crippen LogP contribution in [0.4, 0.5) is 13.2 Å². The number of hydrogen-bond donors (Lipinski definition) is 1. The van der Waals surface area contributed by atoms with E-state index in [1.807, 2.05) is 0 Å². The molecule has 0 radical (unpaired) electrons. The molecule has 29 heavy (non-hydrogen) atoms. The molecule has 3 aliphatic rings. The van der Waals surface area contributed by atoms with Crippen molar-refractivity contribution in [1.29, 1.82) is 0 Å². The molecular weight excluding hydrogens is 393 g/mol. The van der Waals surface area contributed by atoms with Gasteiger partial charge in [0.1, 0.15) is 0 Å². The van der Waals surface area contributed by atoms with Crippen LogP contribution in [-0.4, -0.2) is 80.7 Å². The number of alkyl halides is 3. The van der Waals surface area contributed by atoms with Gasteiger partial charge in [-0.15, -0.1) is 0 Å². The molecule has 0 aromatic rings. The lowest BCUT2D eigenvalue weighted by atomic mass is 9.69. The van der Waals surface area contributed by atoms with Gasteiger partial charge in [0.15, 0.2) is 11.2 Å². The average Bonchev–Trinajstić information content (AvgIpc) is 3.35. The summed E-state index contributed by atoms with van der Waals surface area (Å²) >= 11 is 0. The standard InChI is InChI=1S/C19H29F3N2O5/c1-27-12-17(6-3-9-29-17)16(26)24(14-4-5-14)8-7-23-15(25)13-10-18(11-13,28-2)19(20,21)22/h13-14H,3-12H2,1-2H3,(H,23,25). The van der Waals surface area contributed by atoms with Gasteiger partial charge < -0.3 is 24.4 Å². The van der Waals surface area contributed by atoms with Crippen molar-refractivity contribution in [3.05, 3.63) is 0 Å². The van der Waals surface area contributed by atoms with E-state index in [1.54, 1.807) is 4.90 Å². The largest absolute Gasteiger partial charge is 0.417 e. The molecule has 7 nitrogen and oxygen atoms in total. The second-order valence-corrected chi connectivity index (χ2v) is 8.20. The first-order chi connectivity index (χ1) is 13.7. The third-order valence-corrected chi connectivity index (χ3v) is 6.20. The Kier molecular flexibility index (Phi) is 6.45. The van der Waals surface area contributed by atoms with Gasteiger partial charge in [-0.2, -0.15) is 13.2 Å². The number of nitrogens with one attached hydrogen (secondary N) is 1. The van der Waals surface area contributed by atoms with Crippen molar-refractivity contribution in [1.82, 2.24) is 10.2 Å². The van der Waals surface area contributed by atoms with Crippen LogP contribution in [0.25, 0.3) is 0 Å². The summed E-state index contributed by atoms with van der Waals surface area (Å²) in [4.78, 5) is 27.1. The molecule has 1 heterocycles. The van der Waals surface area contributed by atoms with Crippen LogP contribution in [0, 0.1) is 5.92 Å². The Morgan fingerprint density at radius 1 is 1.24 bits per heavy atom. The lowest BCUT2D eigenvalue weighted by Crippen LogP contribution is -2.60. The molecule has 3 fully saturated rings. The Morgan fingerprint density at radius 2 is 1.93 bits per heavy atom. The number of hydrogen-bond acceptors (Lipinski definition) is 5. The first kappa shape index (κ1) is 22.3. The summed E-state index contributed by atoms with van der Waals surface area (Å²) in [6.45, 7) is 1.17. The SMILES string of the molecule is COCC1(C(=O)N(CCNC(=O)C2CC(OC)(C(F)(F)F)C2)C2CC2)CCCO1. The summed E-state index contributed by atoms with van der Waals surface area (Å²) in [6, 6.07) is 0.118. The minimum atomic E-state index is -4.50. The first-order valence-corrected chi connectivity index (χ1v) is 10.0. The van der Waals surface area contributed by atoms with Gasteiger partial charge >= 0.3 is 6.18 Å². The molecule has 1 atom stereocenters. The number of rotatable bonds is 9. The van der Waals surface area contributed by atoms with Crippen molar-refractivity contribution in [2.75, 3.05) is 40.5 Å². The van der Waals surface area contributed by atoms with Gasteiger partial charge in [-0.1, -0.05) is 0 Å². The highest BCUT2D eigenvalue weighted by molar-refractivity contribution is 5.86. The second-order valence-electron chi connectivity index (χ2n) is 8.20. The molecule has 1 saturated heterocycles. The number of ether oxygens (including phenoxy) is 3. The fourth-order valence-corrected chi connectivity index (χ4v) is 4.25. The molecule has 0 spiro atoms. The molecule has 2 amide bonds. The summed E-state index contributed by atoms with van der Waals surface area (Å²) in [5.41, 5.74) is -3.20. The van der Waals surface area contributed by atoms with E-state index >= 15 is 0 Å². The van der Waals surface area contributed by atoms with E-state index in [0.717, 1.165) is 26.4 Å². The third-order valence-electron chi connectivity index (χ3n) is 6.20. The van der Waals surface area contributed by atoms with Crippen LogP contribution in [0.5, 0.6) is 0 Å². The van der Waals surface area contributed by atoms with Crippen LogP contribution < -0.4 is 5.32 Å². The van der Waals surface area contributed by atoms with Crippen LogP contribution in [0.3, 0.4) is 0 Å². The molecule has 2 aliphatic carbocycles. The number of amides is 2. The summed E-state index contributed by atoms with van der Waals surface area (Å²) < 4.78 is 54.8. The molecule has 0 aromatic carbocycles. The Labute approximate surface area is 168 Å². The van der Waals surface area contributed by atoms with E-state index in [1.165, 1.54) is 7.11 Å². The fraction of sp³-hybridized carbons (Fsp3) is 0.895. The number of carbonyl (C=O) groups is 2. The van der Waals surface area contributed by atoms with Gasteiger partial charge in [-0.25, -0.2) is 0 Å². The Balaban J connectivity index is 1.51. The Bertz CT molecular complexity index is 611. The molecule has 1 unspecified atom stereocenters. The molecule has 1 N–H and O–H groups in total.